The molecule has 0 amide bonds. The molecule has 1 aliphatic rings. The zero-order valence-corrected chi connectivity index (χ0v) is 18.0. The Bertz CT molecular complexity index is 1180. The van der Waals surface area contributed by atoms with Crippen LogP contribution in [0.3, 0.4) is 0 Å². The quantitative estimate of drug-likeness (QED) is 0.435. The van der Waals surface area contributed by atoms with Crippen LogP contribution in [0.15, 0.2) is 77.9 Å². The van der Waals surface area contributed by atoms with E-state index in [1.54, 1.807) is 6.20 Å². The topological polar surface area (TPSA) is 54.8 Å². The third kappa shape index (κ3) is 4.01. The predicted molar refractivity (Wildman–Crippen MR) is 120 cm³/mol. The number of nitrogens with zero attached hydrogens (tertiary/aromatic N) is 5. The number of hydrogen-bond acceptors (Lipinski definition) is 5. The molecule has 4 heterocycles. The van der Waals surface area contributed by atoms with Crippen LogP contribution in [0.4, 0.5) is 0 Å². The molecule has 0 radical (unpaired) electrons. The van der Waals surface area contributed by atoms with Crippen molar-refractivity contribution in [3.8, 4) is 22.5 Å². The average Bonchev–Trinajstić information content (AvgIpc) is 2.80. The van der Waals surface area contributed by atoms with Crippen molar-refractivity contribution in [1.82, 2.24) is 24.8 Å². The van der Waals surface area contributed by atoms with Crippen LogP contribution in [-0.4, -0.2) is 31.4 Å². The summed E-state index contributed by atoms with van der Waals surface area (Å²) in [5, 5.41) is 0. The van der Waals surface area contributed by atoms with Gasteiger partial charge in [0.25, 0.3) is 0 Å². The number of rotatable bonds is 4. The molecule has 0 saturated carbocycles. The van der Waals surface area contributed by atoms with Crippen molar-refractivity contribution in [2.24, 2.45) is 0 Å². The first-order valence-corrected chi connectivity index (χ1v) is 10.7. The Balaban J connectivity index is 1.37. The van der Waals surface area contributed by atoms with Crippen molar-refractivity contribution >= 4 is 15.9 Å². The maximum absolute atomic E-state index is 4.80. The second-order valence-corrected chi connectivity index (χ2v) is 8.33. The summed E-state index contributed by atoms with van der Waals surface area (Å²) in [6.45, 7) is 2.65. The van der Waals surface area contributed by atoms with E-state index >= 15 is 0 Å². The third-order valence-electron chi connectivity index (χ3n) is 5.37. The van der Waals surface area contributed by atoms with E-state index in [1.807, 2.05) is 43.0 Å². The molecule has 4 aromatic rings. The van der Waals surface area contributed by atoms with Crippen molar-refractivity contribution in [1.29, 1.82) is 0 Å². The maximum atomic E-state index is 4.80. The highest BCUT2D eigenvalue weighted by molar-refractivity contribution is 9.10. The Kier molecular flexibility index (Phi) is 5.34. The van der Waals surface area contributed by atoms with Gasteiger partial charge in [-0.3, -0.25) is 14.9 Å². The Morgan fingerprint density at radius 1 is 0.933 bits per heavy atom. The Morgan fingerprint density at radius 3 is 2.70 bits per heavy atom. The molecular weight excluding hydrogens is 438 g/mol. The van der Waals surface area contributed by atoms with Gasteiger partial charge in [0.15, 0.2) is 5.82 Å². The minimum absolute atomic E-state index is 0.750. The van der Waals surface area contributed by atoms with Gasteiger partial charge in [0.2, 0.25) is 0 Å². The fourth-order valence-corrected chi connectivity index (χ4v) is 4.27. The van der Waals surface area contributed by atoms with E-state index in [1.165, 1.54) is 22.3 Å². The molecule has 1 aliphatic heterocycles. The molecule has 0 atom stereocenters. The molecule has 0 bridgehead atoms. The second kappa shape index (κ2) is 8.42. The van der Waals surface area contributed by atoms with Crippen molar-refractivity contribution in [3.63, 3.8) is 0 Å². The molecule has 0 N–H and O–H groups in total. The molecule has 0 unspecified atom stereocenters. The van der Waals surface area contributed by atoms with E-state index in [2.05, 4.69) is 60.0 Å². The molecular formula is C24H20BrN5. The molecule has 0 spiro atoms. The van der Waals surface area contributed by atoms with Crippen LogP contribution in [-0.2, 0) is 19.5 Å². The van der Waals surface area contributed by atoms with Crippen molar-refractivity contribution < 1.29 is 0 Å². The van der Waals surface area contributed by atoms with Crippen LogP contribution in [0.2, 0.25) is 0 Å². The number of fused-ring (bicyclic) bond motifs is 1. The normalized spacial score (nSPS) is 13.8. The summed E-state index contributed by atoms with van der Waals surface area (Å²) in [5.74, 6) is 0.750. The van der Waals surface area contributed by atoms with Gasteiger partial charge in [0, 0.05) is 72.6 Å². The van der Waals surface area contributed by atoms with Gasteiger partial charge in [-0.2, -0.15) is 0 Å². The highest BCUT2D eigenvalue weighted by atomic mass is 79.9. The molecule has 6 heteroatoms. The molecule has 3 aromatic heterocycles. The largest absolute Gasteiger partial charge is 0.294 e. The molecule has 5 rings (SSSR count). The summed E-state index contributed by atoms with van der Waals surface area (Å²) in [6, 6.07) is 14.4. The maximum Gasteiger partial charge on any atom is 0.160 e. The zero-order chi connectivity index (χ0) is 20.3. The van der Waals surface area contributed by atoms with Crippen LogP contribution in [0.1, 0.15) is 16.8 Å². The van der Waals surface area contributed by atoms with Gasteiger partial charge in [-0.1, -0.05) is 28.1 Å². The van der Waals surface area contributed by atoms with E-state index < -0.39 is 0 Å². The van der Waals surface area contributed by atoms with E-state index in [4.69, 9.17) is 4.98 Å². The van der Waals surface area contributed by atoms with Crippen LogP contribution in [0.5, 0.6) is 0 Å². The summed E-state index contributed by atoms with van der Waals surface area (Å²) in [7, 11) is 0. The smallest absolute Gasteiger partial charge is 0.160 e. The van der Waals surface area contributed by atoms with E-state index in [-0.39, 0.29) is 0 Å². The first-order chi connectivity index (χ1) is 14.8. The predicted octanol–water partition coefficient (Wildman–Crippen LogP) is 4.92. The number of benzene rings is 1. The third-order valence-corrected chi connectivity index (χ3v) is 5.86. The van der Waals surface area contributed by atoms with Crippen molar-refractivity contribution in [3.05, 3.63) is 94.7 Å². The standard InChI is InChI=1S/C24H20BrN5/c25-21-5-1-3-17(11-21)22-6-9-27-13-19(22)15-30-10-7-23-20(16-30)14-28-24(29-23)18-4-2-8-26-12-18/h1-6,8-9,11-14H,7,10,15-16H2. The van der Waals surface area contributed by atoms with Crippen LogP contribution in [0.25, 0.3) is 22.5 Å². The number of pyridine rings is 2. The summed E-state index contributed by atoms with van der Waals surface area (Å²) >= 11 is 3.58. The number of hydrogen-bond donors (Lipinski definition) is 0. The van der Waals surface area contributed by atoms with Gasteiger partial charge in [0.1, 0.15) is 0 Å². The molecule has 0 saturated heterocycles. The van der Waals surface area contributed by atoms with E-state index in [9.17, 15) is 0 Å². The minimum atomic E-state index is 0.750. The zero-order valence-electron chi connectivity index (χ0n) is 16.4. The molecule has 1 aromatic carbocycles. The Hall–Kier alpha value is -2.96. The summed E-state index contributed by atoms with van der Waals surface area (Å²) in [5.41, 5.74) is 6.94. The fourth-order valence-electron chi connectivity index (χ4n) is 3.88. The van der Waals surface area contributed by atoms with Gasteiger partial charge in [-0.05, 0) is 47.0 Å². The highest BCUT2D eigenvalue weighted by Crippen LogP contribution is 2.28. The number of halogens is 1. The Morgan fingerprint density at radius 2 is 1.83 bits per heavy atom. The van der Waals surface area contributed by atoms with Crippen LogP contribution < -0.4 is 0 Å². The lowest BCUT2D eigenvalue weighted by Gasteiger charge is -2.28. The molecule has 0 fully saturated rings. The molecule has 5 nitrogen and oxygen atoms in total. The first-order valence-electron chi connectivity index (χ1n) is 9.92. The van der Waals surface area contributed by atoms with Crippen LogP contribution in [0, 0.1) is 0 Å². The first kappa shape index (κ1) is 19.0. The SMILES string of the molecule is Brc1cccc(-c2ccncc2CN2CCc3nc(-c4cccnc4)ncc3C2)c1. The highest BCUT2D eigenvalue weighted by Gasteiger charge is 2.20. The second-order valence-electron chi connectivity index (χ2n) is 7.41. The van der Waals surface area contributed by atoms with E-state index in [0.717, 1.165) is 47.6 Å². The van der Waals surface area contributed by atoms with Crippen LogP contribution >= 0.6 is 15.9 Å². The summed E-state index contributed by atoms with van der Waals surface area (Å²) in [4.78, 5) is 20.4. The lowest BCUT2D eigenvalue weighted by molar-refractivity contribution is 0.243. The van der Waals surface area contributed by atoms with Crippen molar-refractivity contribution in [2.45, 2.75) is 19.5 Å². The minimum Gasteiger partial charge on any atom is -0.294 e. The van der Waals surface area contributed by atoms with Crippen molar-refractivity contribution in [2.75, 3.05) is 6.54 Å². The van der Waals surface area contributed by atoms with Gasteiger partial charge < -0.3 is 0 Å². The lowest BCUT2D eigenvalue weighted by Crippen LogP contribution is -2.31. The summed E-state index contributed by atoms with van der Waals surface area (Å²) in [6.07, 6.45) is 10.3. The summed E-state index contributed by atoms with van der Waals surface area (Å²) < 4.78 is 1.08. The van der Waals surface area contributed by atoms with Gasteiger partial charge in [-0.25, -0.2) is 9.97 Å². The van der Waals surface area contributed by atoms with E-state index in [0.29, 0.717) is 0 Å². The number of aromatic nitrogens is 4. The van der Waals surface area contributed by atoms with Gasteiger partial charge in [-0.15, -0.1) is 0 Å². The fraction of sp³-hybridized carbons (Fsp3) is 0.167. The van der Waals surface area contributed by atoms with Gasteiger partial charge >= 0.3 is 0 Å². The molecule has 148 valence electrons. The average molecular weight is 458 g/mol. The van der Waals surface area contributed by atoms with Gasteiger partial charge in [0.05, 0.1) is 5.69 Å². The monoisotopic (exact) mass is 457 g/mol. The molecule has 0 aliphatic carbocycles. The Labute approximate surface area is 184 Å². The lowest BCUT2D eigenvalue weighted by atomic mass is 10.0. The molecule has 30 heavy (non-hydrogen) atoms.